The van der Waals surface area contributed by atoms with Gasteiger partial charge in [-0.25, -0.2) is 0 Å². The van der Waals surface area contributed by atoms with Crippen molar-refractivity contribution in [2.75, 3.05) is 20.2 Å². The second-order valence-corrected chi connectivity index (χ2v) is 6.49. The van der Waals surface area contributed by atoms with Crippen LogP contribution in [0.15, 0.2) is 0 Å². The van der Waals surface area contributed by atoms with Crippen molar-refractivity contribution in [3.05, 3.63) is 0 Å². The first-order valence-corrected chi connectivity index (χ1v) is 5.85. The van der Waals surface area contributed by atoms with Crippen molar-refractivity contribution in [2.24, 2.45) is 10.8 Å². The molecule has 2 heteroatoms. The van der Waals surface area contributed by atoms with Crippen molar-refractivity contribution in [1.29, 1.82) is 0 Å². The van der Waals surface area contributed by atoms with Gasteiger partial charge in [0.2, 0.25) is 0 Å². The molecule has 0 aliphatic heterocycles. The maximum Gasteiger partial charge on any atom is 0.0751 e. The molecule has 0 radical (unpaired) electrons. The summed E-state index contributed by atoms with van der Waals surface area (Å²) >= 11 is 0. The standard InChI is InChI=1S/C13H29NO/c1-11(2,3)13(7,12(4,5)6)15-10-9-14-8/h14H,9-10H2,1-8H3. The van der Waals surface area contributed by atoms with Gasteiger partial charge < -0.3 is 10.1 Å². The maximum absolute atomic E-state index is 6.14. The average molecular weight is 215 g/mol. The van der Waals surface area contributed by atoms with E-state index in [1.54, 1.807) is 0 Å². The van der Waals surface area contributed by atoms with Crippen molar-refractivity contribution in [2.45, 2.75) is 54.1 Å². The molecule has 0 bridgehead atoms. The smallest absolute Gasteiger partial charge is 0.0751 e. The molecule has 1 N–H and O–H groups in total. The van der Waals surface area contributed by atoms with Gasteiger partial charge in [0, 0.05) is 6.54 Å². The molecule has 2 nitrogen and oxygen atoms in total. The Balaban J connectivity index is 4.74. The molecule has 0 aliphatic carbocycles. The van der Waals surface area contributed by atoms with E-state index in [-0.39, 0.29) is 16.4 Å². The van der Waals surface area contributed by atoms with E-state index in [1.165, 1.54) is 0 Å². The van der Waals surface area contributed by atoms with Crippen molar-refractivity contribution in [3.63, 3.8) is 0 Å². The highest BCUT2D eigenvalue weighted by atomic mass is 16.5. The molecule has 0 spiro atoms. The Morgan fingerprint density at radius 3 is 1.53 bits per heavy atom. The Morgan fingerprint density at radius 2 is 1.27 bits per heavy atom. The molecule has 0 aliphatic rings. The minimum absolute atomic E-state index is 0.114. The zero-order valence-electron chi connectivity index (χ0n) is 11.8. The highest BCUT2D eigenvalue weighted by Gasteiger charge is 2.47. The third-order valence-electron chi connectivity index (χ3n) is 3.61. The lowest BCUT2D eigenvalue weighted by atomic mass is 9.63. The lowest BCUT2D eigenvalue weighted by Crippen LogP contribution is -2.53. The van der Waals surface area contributed by atoms with Crippen LogP contribution in [0, 0.1) is 10.8 Å². The summed E-state index contributed by atoms with van der Waals surface area (Å²) in [5.41, 5.74) is 0.162. The highest BCUT2D eigenvalue weighted by Crippen LogP contribution is 2.46. The third kappa shape index (κ3) is 3.46. The van der Waals surface area contributed by atoms with Gasteiger partial charge >= 0.3 is 0 Å². The van der Waals surface area contributed by atoms with Crippen molar-refractivity contribution >= 4 is 0 Å². The number of rotatable bonds is 4. The molecule has 0 fully saturated rings. The summed E-state index contributed by atoms with van der Waals surface area (Å²) in [6, 6.07) is 0. The van der Waals surface area contributed by atoms with Gasteiger partial charge in [-0.2, -0.15) is 0 Å². The topological polar surface area (TPSA) is 21.3 Å². The van der Waals surface area contributed by atoms with Gasteiger partial charge in [0.25, 0.3) is 0 Å². The number of likely N-dealkylation sites (N-methyl/N-ethyl adjacent to an activating group) is 1. The fourth-order valence-electron chi connectivity index (χ4n) is 1.92. The van der Waals surface area contributed by atoms with E-state index in [0.717, 1.165) is 13.2 Å². The van der Waals surface area contributed by atoms with Crippen LogP contribution < -0.4 is 5.32 Å². The van der Waals surface area contributed by atoms with Crippen LogP contribution in [0.1, 0.15) is 48.5 Å². The fraction of sp³-hybridized carbons (Fsp3) is 1.00. The van der Waals surface area contributed by atoms with E-state index >= 15 is 0 Å². The molecule has 0 saturated carbocycles. The molecule has 0 aromatic rings. The normalized spacial score (nSPS) is 14.4. The van der Waals surface area contributed by atoms with Gasteiger partial charge in [-0.1, -0.05) is 41.5 Å². The summed E-state index contributed by atoms with van der Waals surface area (Å²) in [6.07, 6.45) is 0. The summed E-state index contributed by atoms with van der Waals surface area (Å²) in [7, 11) is 1.95. The minimum Gasteiger partial charge on any atom is -0.373 e. The molecular formula is C13H29NO. The summed E-state index contributed by atoms with van der Waals surface area (Å²) in [6.45, 7) is 17.4. The highest BCUT2D eigenvalue weighted by molar-refractivity contribution is 4.97. The molecule has 0 unspecified atom stereocenters. The van der Waals surface area contributed by atoms with Crippen molar-refractivity contribution < 1.29 is 4.74 Å². The summed E-state index contributed by atoms with van der Waals surface area (Å²) < 4.78 is 6.14. The van der Waals surface area contributed by atoms with Gasteiger partial charge in [-0.3, -0.25) is 0 Å². The molecule has 0 aromatic heterocycles. The molecule has 0 atom stereocenters. The summed E-state index contributed by atoms with van der Waals surface area (Å²) in [4.78, 5) is 0. The van der Waals surface area contributed by atoms with Crippen LogP contribution >= 0.6 is 0 Å². The predicted octanol–water partition coefficient (Wildman–Crippen LogP) is 3.07. The van der Waals surface area contributed by atoms with Gasteiger partial charge in [-0.15, -0.1) is 0 Å². The summed E-state index contributed by atoms with van der Waals surface area (Å²) in [5.74, 6) is 0. The quantitative estimate of drug-likeness (QED) is 0.728. The molecule has 0 aromatic carbocycles. The van der Waals surface area contributed by atoms with Gasteiger partial charge in [0.05, 0.1) is 12.2 Å². The molecule has 92 valence electrons. The third-order valence-corrected chi connectivity index (χ3v) is 3.61. The van der Waals surface area contributed by atoms with Crippen LogP contribution in [0.3, 0.4) is 0 Å². The summed E-state index contributed by atoms with van der Waals surface area (Å²) in [5, 5.41) is 3.12. The van der Waals surface area contributed by atoms with E-state index in [9.17, 15) is 0 Å². The number of hydrogen-bond donors (Lipinski definition) is 1. The lowest BCUT2D eigenvalue weighted by molar-refractivity contribution is -0.167. The number of hydrogen-bond acceptors (Lipinski definition) is 2. The first-order chi connectivity index (χ1) is 6.56. The Morgan fingerprint density at radius 1 is 0.867 bits per heavy atom. The molecule has 0 amide bonds. The van der Waals surface area contributed by atoms with Gasteiger partial charge in [-0.05, 0) is 24.8 Å². The molecule has 0 heterocycles. The van der Waals surface area contributed by atoms with E-state index < -0.39 is 0 Å². The zero-order chi connectivity index (χ0) is 12.3. The first kappa shape index (κ1) is 14.9. The van der Waals surface area contributed by atoms with Crippen LogP contribution in [0.2, 0.25) is 0 Å². The van der Waals surface area contributed by atoms with Gasteiger partial charge in [0.1, 0.15) is 0 Å². The fourth-order valence-corrected chi connectivity index (χ4v) is 1.92. The Bertz CT molecular complexity index is 172. The van der Waals surface area contributed by atoms with Crippen LogP contribution in [-0.4, -0.2) is 25.8 Å². The molecule has 0 rings (SSSR count). The predicted molar refractivity (Wildman–Crippen MR) is 67.2 cm³/mol. The van der Waals surface area contributed by atoms with Crippen LogP contribution in [-0.2, 0) is 4.74 Å². The Hall–Kier alpha value is -0.0800. The second-order valence-electron chi connectivity index (χ2n) is 6.49. The molecule has 0 saturated heterocycles. The van der Waals surface area contributed by atoms with E-state index in [4.69, 9.17) is 4.74 Å². The Kier molecular flexibility index (Phi) is 4.81. The van der Waals surface area contributed by atoms with Crippen LogP contribution in [0.5, 0.6) is 0 Å². The van der Waals surface area contributed by atoms with Crippen molar-refractivity contribution in [3.8, 4) is 0 Å². The van der Waals surface area contributed by atoms with Crippen molar-refractivity contribution in [1.82, 2.24) is 5.32 Å². The zero-order valence-corrected chi connectivity index (χ0v) is 11.8. The monoisotopic (exact) mass is 215 g/mol. The molecular weight excluding hydrogens is 186 g/mol. The minimum atomic E-state index is -0.114. The maximum atomic E-state index is 6.14. The largest absolute Gasteiger partial charge is 0.373 e. The van der Waals surface area contributed by atoms with E-state index in [2.05, 4.69) is 53.8 Å². The SMILES string of the molecule is CNCCOC(C)(C(C)(C)C)C(C)(C)C. The number of ether oxygens (including phenoxy) is 1. The van der Waals surface area contributed by atoms with E-state index in [1.807, 2.05) is 7.05 Å². The Labute approximate surface area is 95.8 Å². The van der Waals surface area contributed by atoms with Gasteiger partial charge in [0.15, 0.2) is 0 Å². The second kappa shape index (κ2) is 4.84. The van der Waals surface area contributed by atoms with E-state index in [0.29, 0.717) is 0 Å². The molecule has 15 heavy (non-hydrogen) atoms. The first-order valence-electron chi connectivity index (χ1n) is 5.85. The lowest BCUT2D eigenvalue weighted by Gasteiger charge is -2.51. The number of nitrogens with one attached hydrogen (secondary N) is 1. The average Bonchev–Trinajstić information content (AvgIpc) is 2.00. The van der Waals surface area contributed by atoms with Crippen LogP contribution in [0.4, 0.5) is 0 Å². The van der Waals surface area contributed by atoms with Crippen LogP contribution in [0.25, 0.3) is 0 Å².